The molecule has 30 heavy (non-hydrogen) atoms. The van der Waals surface area contributed by atoms with E-state index in [9.17, 15) is 4.79 Å². The summed E-state index contributed by atoms with van der Waals surface area (Å²) >= 11 is 0. The molecule has 3 heterocycles. The minimum atomic E-state index is 0.201. The maximum atomic E-state index is 12.9. The summed E-state index contributed by atoms with van der Waals surface area (Å²) in [5.41, 5.74) is 6.49. The fourth-order valence-electron chi connectivity index (χ4n) is 4.96. The van der Waals surface area contributed by atoms with Crippen molar-refractivity contribution in [3.63, 3.8) is 0 Å². The maximum absolute atomic E-state index is 12.9. The second-order valence-corrected chi connectivity index (χ2v) is 8.73. The smallest absolute Gasteiger partial charge is 0.241 e. The minimum Gasteiger partial charge on any atom is -0.346 e. The van der Waals surface area contributed by atoms with Crippen molar-refractivity contribution in [2.75, 3.05) is 44.7 Å². The van der Waals surface area contributed by atoms with Crippen LogP contribution >= 0.6 is 0 Å². The fraction of sp³-hybridized carbons (Fsp3) is 0.400. The molecule has 1 saturated heterocycles. The van der Waals surface area contributed by atoms with Gasteiger partial charge in [-0.1, -0.05) is 36.4 Å². The lowest BCUT2D eigenvalue weighted by Crippen LogP contribution is -2.50. The number of aromatic nitrogens is 1. The van der Waals surface area contributed by atoms with E-state index < -0.39 is 0 Å². The number of aryl methyl sites for hydroxylation is 1. The Morgan fingerprint density at radius 3 is 2.57 bits per heavy atom. The Balaban J connectivity index is 1.31. The van der Waals surface area contributed by atoms with E-state index in [1.807, 2.05) is 11.0 Å². The van der Waals surface area contributed by atoms with Gasteiger partial charge in [-0.3, -0.25) is 9.69 Å². The lowest BCUT2D eigenvalue weighted by molar-refractivity contribution is -0.121. The Morgan fingerprint density at radius 2 is 1.77 bits per heavy atom. The molecule has 0 radical (unpaired) electrons. The summed E-state index contributed by atoms with van der Waals surface area (Å²) in [6.45, 7) is 5.21. The number of fused-ring (bicyclic) bond motifs is 3. The second kappa shape index (κ2) is 7.89. The van der Waals surface area contributed by atoms with E-state index in [-0.39, 0.29) is 5.91 Å². The first-order chi connectivity index (χ1) is 14.6. The number of nitrogens with zero attached hydrogens (tertiary/aromatic N) is 4. The molecule has 1 aromatic heterocycles. The van der Waals surface area contributed by atoms with Gasteiger partial charge in [0.15, 0.2) is 0 Å². The van der Waals surface area contributed by atoms with Gasteiger partial charge in [0.25, 0.3) is 0 Å². The normalized spacial score (nSPS) is 18.2. The van der Waals surface area contributed by atoms with Crippen LogP contribution in [0.3, 0.4) is 0 Å². The van der Waals surface area contributed by atoms with Gasteiger partial charge in [0.1, 0.15) is 0 Å². The van der Waals surface area contributed by atoms with Crippen LogP contribution in [0.5, 0.6) is 0 Å². The van der Waals surface area contributed by atoms with Crippen LogP contribution in [0.2, 0.25) is 0 Å². The molecule has 1 fully saturated rings. The van der Waals surface area contributed by atoms with Crippen molar-refractivity contribution in [2.45, 2.75) is 19.4 Å². The number of anilines is 1. The number of likely N-dealkylation sites (N-methyl/N-ethyl adjacent to an activating group) is 1. The van der Waals surface area contributed by atoms with Gasteiger partial charge in [-0.05, 0) is 43.1 Å². The van der Waals surface area contributed by atoms with Gasteiger partial charge in [-0.15, -0.1) is 0 Å². The van der Waals surface area contributed by atoms with Crippen molar-refractivity contribution in [1.29, 1.82) is 0 Å². The van der Waals surface area contributed by atoms with Crippen LogP contribution in [0.1, 0.15) is 16.8 Å². The van der Waals surface area contributed by atoms with Crippen molar-refractivity contribution in [2.24, 2.45) is 7.05 Å². The molecule has 0 aliphatic carbocycles. The molecule has 5 rings (SSSR count). The van der Waals surface area contributed by atoms with Crippen LogP contribution in [0, 0.1) is 0 Å². The second-order valence-electron chi connectivity index (χ2n) is 8.73. The van der Waals surface area contributed by atoms with E-state index in [0.717, 1.165) is 51.3 Å². The molecule has 0 atom stereocenters. The molecule has 2 aliphatic rings. The van der Waals surface area contributed by atoms with Crippen LogP contribution in [-0.4, -0.2) is 60.0 Å². The summed E-state index contributed by atoms with van der Waals surface area (Å²) in [6.07, 6.45) is 2.09. The van der Waals surface area contributed by atoms with Crippen LogP contribution in [-0.2, 0) is 31.2 Å². The van der Waals surface area contributed by atoms with Crippen molar-refractivity contribution in [3.05, 3.63) is 65.4 Å². The molecule has 3 aromatic rings. The molecule has 0 saturated carbocycles. The van der Waals surface area contributed by atoms with E-state index in [4.69, 9.17) is 0 Å². The first-order valence-corrected chi connectivity index (χ1v) is 11.0. The van der Waals surface area contributed by atoms with Gasteiger partial charge >= 0.3 is 0 Å². The Hall–Kier alpha value is -2.63. The molecule has 0 N–H and O–H groups in total. The summed E-state index contributed by atoms with van der Waals surface area (Å²) in [7, 11) is 4.34. The average Bonchev–Trinajstić information content (AvgIpc) is 3.04. The van der Waals surface area contributed by atoms with Crippen LogP contribution < -0.4 is 4.90 Å². The average molecular weight is 403 g/mol. The SMILES string of the molecule is CN1CCc2c(n(C)c3cc(N4CCN(CCc5ccccc5)CC4=O)ccc23)C1. The molecule has 1 amide bonds. The fourth-order valence-corrected chi connectivity index (χ4v) is 4.96. The first kappa shape index (κ1) is 19.3. The number of rotatable bonds is 4. The highest BCUT2D eigenvalue weighted by Gasteiger charge is 2.26. The molecule has 2 aromatic carbocycles. The number of benzene rings is 2. The van der Waals surface area contributed by atoms with Gasteiger partial charge in [-0.25, -0.2) is 0 Å². The molecule has 5 heteroatoms. The number of carbonyl (C=O) groups is 1. The van der Waals surface area contributed by atoms with E-state index in [1.54, 1.807) is 0 Å². The quantitative estimate of drug-likeness (QED) is 0.672. The van der Waals surface area contributed by atoms with Crippen LogP contribution in [0.15, 0.2) is 48.5 Å². The molecular formula is C25H30N4O. The topological polar surface area (TPSA) is 31.7 Å². The number of piperazine rings is 1. The summed E-state index contributed by atoms with van der Waals surface area (Å²) in [6, 6.07) is 17.1. The maximum Gasteiger partial charge on any atom is 0.241 e. The summed E-state index contributed by atoms with van der Waals surface area (Å²) in [5.74, 6) is 0.201. The number of hydrogen-bond donors (Lipinski definition) is 0. The van der Waals surface area contributed by atoms with E-state index in [1.165, 1.54) is 27.7 Å². The van der Waals surface area contributed by atoms with Crippen molar-refractivity contribution in [1.82, 2.24) is 14.4 Å². The van der Waals surface area contributed by atoms with E-state index in [2.05, 4.69) is 70.9 Å². The summed E-state index contributed by atoms with van der Waals surface area (Å²) in [4.78, 5) is 19.6. The Morgan fingerprint density at radius 1 is 0.933 bits per heavy atom. The Labute approximate surface area is 178 Å². The number of amides is 1. The molecule has 0 bridgehead atoms. The van der Waals surface area contributed by atoms with Gasteiger partial charge in [-0.2, -0.15) is 0 Å². The molecule has 2 aliphatic heterocycles. The first-order valence-electron chi connectivity index (χ1n) is 11.0. The van der Waals surface area contributed by atoms with Gasteiger partial charge < -0.3 is 14.4 Å². The predicted molar refractivity (Wildman–Crippen MR) is 122 cm³/mol. The summed E-state index contributed by atoms with van der Waals surface area (Å²) in [5, 5.41) is 1.35. The number of carbonyl (C=O) groups excluding carboxylic acids is 1. The zero-order chi connectivity index (χ0) is 20.7. The Kier molecular flexibility index (Phi) is 5.09. The van der Waals surface area contributed by atoms with Gasteiger partial charge in [0, 0.05) is 56.5 Å². The van der Waals surface area contributed by atoms with Gasteiger partial charge in [0.2, 0.25) is 5.91 Å². The molecule has 5 nitrogen and oxygen atoms in total. The molecule has 0 spiro atoms. The minimum absolute atomic E-state index is 0.201. The molecule has 156 valence electrons. The highest BCUT2D eigenvalue weighted by Crippen LogP contribution is 2.32. The van der Waals surface area contributed by atoms with E-state index >= 15 is 0 Å². The molecule has 0 unspecified atom stereocenters. The largest absolute Gasteiger partial charge is 0.346 e. The van der Waals surface area contributed by atoms with Crippen molar-refractivity contribution >= 4 is 22.5 Å². The lowest BCUT2D eigenvalue weighted by atomic mass is 10.0. The van der Waals surface area contributed by atoms with Crippen molar-refractivity contribution in [3.8, 4) is 0 Å². The van der Waals surface area contributed by atoms with E-state index in [0.29, 0.717) is 6.54 Å². The predicted octanol–water partition coefficient (Wildman–Crippen LogP) is 3.06. The number of hydrogen-bond acceptors (Lipinski definition) is 3. The molecular weight excluding hydrogens is 372 g/mol. The lowest BCUT2D eigenvalue weighted by Gasteiger charge is -2.34. The highest BCUT2D eigenvalue weighted by atomic mass is 16.2. The van der Waals surface area contributed by atoms with Crippen LogP contribution in [0.25, 0.3) is 10.9 Å². The summed E-state index contributed by atoms with van der Waals surface area (Å²) < 4.78 is 2.32. The highest BCUT2D eigenvalue weighted by molar-refractivity contribution is 5.98. The van der Waals surface area contributed by atoms with Crippen LogP contribution in [0.4, 0.5) is 5.69 Å². The standard InChI is InChI=1S/C25H30N4O/c1-26-12-11-22-21-9-8-20(16-23(21)27(2)24(22)17-26)29-15-14-28(18-25(29)30)13-10-19-6-4-3-5-7-19/h3-9,16H,10-15,17-18H2,1-2H3. The van der Waals surface area contributed by atoms with Crippen molar-refractivity contribution < 1.29 is 4.79 Å². The third-order valence-corrected chi connectivity index (χ3v) is 6.76. The third-order valence-electron chi connectivity index (χ3n) is 6.76. The third kappa shape index (κ3) is 3.53. The zero-order valence-electron chi connectivity index (χ0n) is 18.0. The monoisotopic (exact) mass is 402 g/mol. The zero-order valence-corrected chi connectivity index (χ0v) is 18.0. The Bertz CT molecular complexity index is 1070. The van der Waals surface area contributed by atoms with Gasteiger partial charge in [0.05, 0.1) is 12.1 Å².